The summed E-state index contributed by atoms with van der Waals surface area (Å²) in [6.45, 7) is 3.64. The SMILES string of the molecule is Br.C=Cc1ccccc1C(=O)C(=O)c1ccccc1.CN(C)C. The molecule has 0 N–H and O–H groups in total. The Bertz CT molecular complexity index is 649. The first kappa shape index (κ1) is 21.0. The normalized spacial score (nSPS) is 9.22. The number of nitrogens with zero attached hydrogens (tertiary/aromatic N) is 1. The van der Waals surface area contributed by atoms with Gasteiger partial charge in [0.25, 0.3) is 0 Å². The maximum Gasteiger partial charge on any atom is 0.234 e. The van der Waals surface area contributed by atoms with E-state index >= 15 is 0 Å². The highest BCUT2D eigenvalue weighted by Crippen LogP contribution is 2.13. The predicted molar refractivity (Wildman–Crippen MR) is 102 cm³/mol. The topological polar surface area (TPSA) is 37.4 Å². The fourth-order valence-electron chi connectivity index (χ4n) is 1.72. The molecular weight excluding hydrogens is 354 g/mol. The van der Waals surface area contributed by atoms with E-state index < -0.39 is 11.6 Å². The van der Waals surface area contributed by atoms with E-state index in [1.54, 1.807) is 60.7 Å². The summed E-state index contributed by atoms with van der Waals surface area (Å²) in [4.78, 5) is 26.2. The molecule has 0 radical (unpaired) electrons. The van der Waals surface area contributed by atoms with Crippen molar-refractivity contribution in [1.82, 2.24) is 4.90 Å². The quantitative estimate of drug-likeness (QED) is 0.594. The lowest BCUT2D eigenvalue weighted by atomic mass is 9.97. The molecule has 23 heavy (non-hydrogen) atoms. The molecule has 0 heterocycles. The van der Waals surface area contributed by atoms with Crippen molar-refractivity contribution in [3.05, 3.63) is 77.9 Å². The van der Waals surface area contributed by atoms with Crippen molar-refractivity contribution in [1.29, 1.82) is 0 Å². The Morgan fingerprint density at radius 2 is 1.35 bits per heavy atom. The summed E-state index contributed by atoms with van der Waals surface area (Å²) in [5, 5.41) is 0. The fraction of sp³-hybridized carbons (Fsp3) is 0.158. The second kappa shape index (κ2) is 10.6. The Kier molecular flexibility index (Phi) is 9.70. The van der Waals surface area contributed by atoms with Crippen molar-refractivity contribution in [2.45, 2.75) is 0 Å². The zero-order chi connectivity index (χ0) is 16.5. The fourth-order valence-corrected chi connectivity index (χ4v) is 1.72. The molecule has 0 bridgehead atoms. The van der Waals surface area contributed by atoms with E-state index in [1.165, 1.54) is 0 Å². The van der Waals surface area contributed by atoms with Crippen molar-refractivity contribution in [3.8, 4) is 0 Å². The van der Waals surface area contributed by atoms with Gasteiger partial charge in [-0.1, -0.05) is 67.3 Å². The molecule has 0 aliphatic rings. The van der Waals surface area contributed by atoms with Crippen LogP contribution in [0.5, 0.6) is 0 Å². The summed E-state index contributed by atoms with van der Waals surface area (Å²) in [5.74, 6) is -0.999. The van der Waals surface area contributed by atoms with Crippen LogP contribution in [0.2, 0.25) is 0 Å². The van der Waals surface area contributed by atoms with Crippen LogP contribution in [-0.4, -0.2) is 37.6 Å². The van der Waals surface area contributed by atoms with Gasteiger partial charge in [-0.05, 0) is 26.7 Å². The Morgan fingerprint density at radius 3 is 1.87 bits per heavy atom. The molecule has 0 saturated carbocycles. The molecule has 0 saturated heterocycles. The number of carbonyl (C=O) groups excluding carboxylic acids is 2. The average molecular weight is 376 g/mol. The smallest absolute Gasteiger partial charge is 0.234 e. The van der Waals surface area contributed by atoms with E-state index in [4.69, 9.17) is 0 Å². The zero-order valence-electron chi connectivity index (χ0n) is 13.7. The highest BCUT2D eigenvalue weighted by Gasteiger charge is 2.19. The molecule has 0 fully saturated rings. The van der Waals surface area contributed by atoms with Crippen LogP contribution >= 0.6 is 17.0 Å². The molecule has 3 nitrogen and oxygen atoms in total. The lowest BCUT2D eigenvalue weighted by molar-refractivity contribution is 0.0817. The summed E-state index contributed by atoms with van der Waals surface area (Å²) < 4.78 is 0. The third kappa shape index (κ3) is 6.72. The van der Waals surface area contributed by atoms with Crippen molar-refractivity contribution in [2.24, 2.45) is 0 Å². The van der Waals surface area contributed by atoms with Gasteiger partial charge in [-0.3, -0.25) is 9.59 Å². The largest absolute Gasteiger partial charge is 0.312 e. The van der Waals surface area contributed by atoms with Crippen molar-refractivity contribution < 1.29 is 9.59 Å². The second-order valence-corrected chi connectivity index (χ2v) is 5.16. The molecule has 0 amide bonds. The van der Waals surface area contributed by atoms with E-state index in [-0.39, 0.29) is 17.0 Å². The van der Waals surface area contributed by atoms with Gasteiger partial charge in [0.2, 0.25) is 11.6 Å². The molecule has 0 atom stereocenters. The van der Waals surface area contributed by atoms with Crippen LogP contribution in [0.3, 0.4) is 0 Å². The molecular formula is C19H22BrNO2. The molecule has 2 rings (SSSR count). The summed E-state index contributed by atoms with van der Waals surface area (Å²) in [7, 11) is 6.00. The van der Waals surface area contributed by atoms with Crippen LogP contribution in [0.1, 0.15) is 26.3 Å². The Hall–Kier alpha value is -2.04. The van der Waals surface area contributed by atoms with E-state index in [1.807, 2.05) is 26.0 Å². The van der Waals surface area contributed by atoms with Gasteiger partial charge < -0.3 is 4.90 Å². The van der Waals surface area contributed by atoms with Crippen molar-refractivity contribution >= 4 is 34.6 Å². The van der Waals surface area contributed by atoms with Crippen LogP contribution in [0.4, 0.5) is 0 Å². The van der Waals surface area contributed by atoms with Gasteiger partial charge in [-0.15, -0.1) is 17.0 Å². The lowest BCUT2D eigenvalue weighted by Crippen LogP contribution is -2.15. The second-order valence-electron chi connectivity index (χ2n) is 5.16. The van der Waals surface area contributed by atoms with Gasteiger partial charge in [0.05, 0.1) is 0 Å². The van der Waals surface area contributed by atoms with Gasteiger partial charge in [-0.25, -0.2) is 0 Å². The van der Waals surface area contributed by atoms with Crippen LogP contribution in [0, 0.1) is 0 Å². The monoisotopic (exact) mass is 375 g/mol. The Morgan fingerprint density at radius 1 is 0.870 bits per heavy atom. The molecule has 0 unspecified atom stereocenters. The van der Waals surface area contributed by atoms with Crippen LogP contribution < -0.4 is 0 Å². The van der Waals surface area contributed by atoms with E-state index in [9.17, 15) is 9.59 Å². The first-order chi connectivity index (χ1) is 10.5. The van der Waals surface area contributed by atoms with Gasteiger partial charge in [0.15, 0.2) is 0 Å². The molecule has 122 valence electrons. The number of rotatable bonds is 4. The van der Waals surface area contributed by atoms with Crippen LogP contribution in [-0.2, 0) is 0 Å². The summed E-state index contributed by atoms with van der Waals surface area (Å²) in [6.07, 6.45) is 1.57. The van der Waals surface area contributed by atoms with E-state index in [0.29, 0.717) is 16.7 Å². The van der Waals surface area contributed by atoms with E-state index in [0.717, 1.165) is 0 Å². The molecule has 2 aromatic rings. The predicted octanol–water partition coefficient (Wildman–Crippen LogP) is 4.15. The lowest BCUT2D eigenvalue weighted by Gasteiger charge is -2.04. The molecule has 4 heteroatoms. The highest BCUT2D eigenvalue weighted by molar-refractivity contribution is 8.93. The first-order valence-electron chi connectivity index (χ1n) is 6.93. The van der Waals surface area contributed by atoms with Gasteiger partial charge in [-0.2, -0.15) is 0 Å². The molecule has 0 spiro atoms. The maximum atomic E-state index is 12.1. The maximum absolute atomic E-state index is 12.1. The van der Waals surface area contributed by atoms with Gasteiger partial charge >= 0.3 is 0 Å². The first-order valence-corrected chi connectivity index (χ1v) is 6.93. The molecule has 0 aliphatic heterocycles. The molecule has 0 aromatic heterocycles. The van der Waals surface area contributed by atoms with Gasteiger partial charge in [0.1, 0.15) is 0 Å². The molecule has 2 aromatic carbocycles. The number of carbonyl (C=O) groups is 2. The zero-order valence-corrected chi connectivity index (χ0v) is 15.4. The highest BCUT2D eigenvalue weighted by atomic mass is 79.9. The third-order valence-electron chi connectivity index (χ3n) is 2.67. The van der Waals surface area contributed by atoms with Crippen molar-refractivity contribution in [2.75, 3.05) is 21.1 Å². The van der Waals surface area contributed by atoms with E-state index in [2.05, 4.69) is 6.58 Å². The number of hydrogen-bond acceptors (Lipinski definition) is 3. The van der Waals surface area contributed by atoms with Gasteiger partial charge in [0, 0.05) is 11.1 Å². The third-order valence-corrected chi connectivity index (χ3v) is 2.67. The number of ketones is 2. The summed E-state index contributed by atoms with van der Waals surface area (Å²) >= 11 is 0. The minimum Gasteiger partial charge on any atom is -0.312 e. The summed E-state index contributed by atoms with van der Waals surface area (Å²) in [5.41, 5.74) is 1.47. The number of Topliss-reactive ketones (excluding diaryl/α,β-unsaturated/α-hetero) is 2. The minimum atomic E-state index is -0.503. The van der Waals surface area contributed by atoms with Crippen LogP contribution in [0.15, 0.2) is 61.2 Å². The summed E-state index contributed by atoms with van der Waals surface area (Å²) in [6, 6.07) is 15.5. The minimum absolute atomic E-state index is 0. The number of halogens is 1. The van der Waals surface area contributed by atoms with Crippen LogP contribution in [0.25, 0.3) is 6.08 Å². The standard InChI is InChI=1S/C16H12O2.C3H9N.BrH/c1-2-12-8-6-7-11-14(12)16(18)15(17)13-9-4-3-5-10-13;1-4(2)3;/h2-11H,1H2;1-3H3;1H. The Labute approximate surface area is 148 Å². The van der Waals surface area contributed by atoms with Crippen molar-refractivity contribution in [3.63, 3.8) is 0 Å². The number of benzene rings is 2. The average Bonchev–Trinajstić information content (AvgIpc) is 2.53. The number of hydrogen-bond donors (Lipinski definition) is 0. The molecule has 0 aliphatic carbocycles. The Balaban J connectivity index is 0.000000871.